The van der Waals surface area contributed by atoms with Crippen molar-refractivity contribution in [2.75, 3.05) is 28.4 Å². The molecule has 5 N–H and O–H groups in total. The highest BCUT2D eigenvalue weighted by Gasteiger charge is 2.46. The molecule has 0 spiro atoms. The zero-order valence-electron chi connectivity index (χ0n) is 28.2. The predicted molar refractivity (Wildman–Crippen MR) is 167 cm³/mol. The van der Waals surface area contributed by atoms with Crippen LogP contribution < -0.4 is 19.7 Å². The van der Waals surface area contributed by atoms with Crippen molar-refractivity contribution in [2.45, 2.75) is 126 Å². The van der Waals surface area contributed by atoms with E-state index >= 15 is 0 Å². The minimum atomic E-state index is -1.33. The van der Waals surface area contributed by atoms with Crippen LogP contribution in [0.2, 0.25) is 0 Å². The molecule has 3 aliphatic heterocycles. The number of carbonyl (C=O) groups excluding carboxylic acids is 1. The number of carbonyl (C=O) groups is 1. The molecule has 3 saturated heterocycles. The van der Waals surface area contributed by atoms with Crippen molar-refractivity contribution in [1.82, 2.24) is 5.48 Å². The molecule has 3 fully saturated rings. The average molecular weight is 692 g/mol. The monoisotopic (exact) mass is 691 g/mol. The summed E-state index contributed by atoms with van der Waals surface area (Å²) in [7, 11) is 5.67. The van der Waals surface area contributed by atoms with Crippen LogP contribution in [-0.2, 0) is 28.5 Å². The number of hydroxylamine groups is 1. The molecular formula is C31H49NO14S. The summed E-state index contributed by atoms with van der Waals surface area (Å²) in [6, 6.07) is -0.545. The van der Waals surface area contributed by atoms with E-state index in [0.717, 1.165) is 11.8 Å². The van der Waals surface area contributed by atoms with Crippen molar-refractivity contribution >= 4 is 16.9 Å². The van der Waals surface area contributed by atoms with E-state index in [1.54, 1.807) is 34.6 Å². The molecule has 0 saturated carbocycles. The Morgan fingerprint density at radius 1 is 0.766 bits per heavy atom. The SMILES string of the molecule is COc1c(O[C@@H]2O[C@@H](C)[C@H](O)[C@@H](OC)[C@H]2O)c(C)c(C)c(C(=O)S[C@H]2[C@@H](O)C[C@H](ON[C@H]3[C@H](O)C[C@H](OC)O[C@@H]3C)O[C@@H]2C)c1OC. The van der Waals surface area contributed by atoms with Crippen LogP contribution in [-0.4, -0.2) is 133 Å². The molecule has 0 unspecified atom stereocenters. The second-order valence-electron chi connectivity index (χ2n) is 12.0. The zero-order valence-corrected chi connectivity index (χ0v) is 29.0. The van der Waals surface area contributed by atoms with Gasteiger partial charge in [0, 0.05) is 27.1 Å². The molecule has 13 atom stereocenters. The largest absolute Gasteiger partial charge is 0.492 e. The smallest absolute Gasteiger partial charge is 0.229 e. The molecule has 4 rings (SSSR count). The van der Waals surface area contributed by atoms with E-state index in [-0.39, 0.29) is 35.7 Å². The van der Waals surface area contributed by atoms with Gasteiger partial charge in [0.2, 0.25) is 17.2 Å². The maximum atomic E-state index is 13.9. The summed E-state index contributed by atoms with van der Waals surface area (Å²) < 4.78 is 45.4. The molecular weight excluding hydrogens is 642 g/mol. The number of thioether (sulfide) groups is 1. The Morgan fingerprint density at radius 2 is 1.40 bits per heavy atom. The third-order valence-electron chi connectivity index (χ3n) is 9.02. The van der Waals surface area contributed by atoms with Gasteiger partial charge in [-0.3, -0.25) is 9.63 Å². The molecule has 1 aromatic rings. The van der Waals surface area contributed by atoms with Crippen LogP contribution in [0, 0.1) is 13.8 Å². The van der Waals surface area contributed by atoms with Gasteiger partial charge in [0.15, 0.2) is 24.1 Å². The van der Waals surface area contributed by atoms with E-state index in [4.69, 9.17) is 42.7 Å². The van der Waals surface area contributed by atoms with Crippen molar-refractivity contribution in [1.29, 1.82) is 0 Å². The van der Waals surface area contributed by atoms with Crippen LogP contribution in [0.15, 0.2) is 0 Å². The third kappa shape index (κ3) is 8.00. The van der Waals surface area contributed by atoms with Gasteiger partial charge in [0.05, 0.1) is 61.6 Å². The average Bonchev–Trinajstić information content (AvgIpc) is 3.03. The Kier molecular flexibility index (Phi) is 13.2. The number of aliphatic hydroxyl groups is 4. The highest BCUT2D eigenvalue weighted by molar-refractivity contribution is 8.14. The van der Waals surface area contributed by atoms with E-state index in [1.165, 1.54) is 28.4 Å². The molecule has 16 heteroatoms. The summed E-state index contributed by atoms with van der Waals surface area (Å²) in [6.45, 7) is 8.62. The van der Waals surface area contributed by atoms with Gasteiger partial charge in [-0.05, 0) is 45.7 Å². The Morgan fingerprint density at radius 3 is 1.98 bits per heavy atom. The van der Waals surface area contributed by atoms with Gasteiger partial charge in [0.1, 0.15) is 18.3 Å². The fourth-order valence-electron chi connectivity index (χ4n) is 6.14. The van der Waals surface area contributed by atoms with Crippen LogP contribution >= 0.6 is 11.8 Å². The minimum Gasteiger partial charge on any atom is -0.492 e. The topological polar surface area (TPSA) is 193 Å². The van der Waals surface area contributed by atoms with E-state index in [9.17, 15) is 25.2 Å². The second-order valence-corrected chi connectivity index (χ2v) is 13.2. The fraction of sp³-hybridized carbons (Fsp3) is 0.774. The minimum absolute atomic E-state index is 0.0611. The van der Waals surface area contributed by atoms with E-state index in [2.05, 4.69) is 5.48 Å². The number of rotatable bonds is 11. The number of hydrogen-bond acceptors (Lipinski definition) is 16. The zero-order chi connectivity index (χ0) is 34.7. The highest BCUT2D eigenvalue weighted by atomic mass is 32.2. The summed E-state index contributed by atoms with van der Waals surface area (Å²) in [4.78, 5) is 19.6. The molecule has 1 aromatic carbocycles. The van der Waals surface area contributed by atoms with Gasteiger partial charge in [-0.25, -0.2) is 0 Å². The molecule has 3 aliphatic rings. The first kappa shape index (κ1) is 38.0. The lowest BCUT2D eigenvalue weighted by Gasteiger charge is -2.41. The summed E-state index contributed by atoms with van der Waals surface area (Å²) in [6.07, 6.45) is -9.09. The van der Waals surface area contributed by atoms with Gasteiger partial charge in [-0.15, -0.1) is 0 Å². The Balaban J connectivity index is 1.47. The Bertz CT molecular complexity index is 1200. The first-order valence-electron chi connectivity index (χ1n) is 15.6. The summed E-state index contributed by atoms with van der Waals surface area (Å²) in [5.41, 5.74) is 4.10. The lowest BCUT2D eigenvalue weighted by Crippen LogP contribution is -2.59. The van der Waals surface area contributed by atoms with Crippen molar-refractivity contribution in [3.05, 3.63) is 16.7 Å². The molecule has 0 bridgehead atoms. The van der Waals surface area contributed by atoms with Crippen LogP contribution in [0.4, 0.5) is 0 Å². The summed E-state index contributed by atoms with van der Waals surface area (Å²) in [5.74, 6) is 0.400. The lowest BCUT2D eigenvalue weighted by molar-refractivity contribution is -0.273. The van der Waals surface area contributed by atoms with Gasteiger partial charge >= 0.3 is 0 Å². The molecule has 0 radical (unpaired) electrons. The number of methoxy groups -OCH3 is 4. The van der Waals surface area contributed by atoms with Crippen molar-refractivity contribution in [2.24, 2.45) is 0 Å². The van der Waals surface area contributed by atoms with E-state index in [1.807, 2.05) is 0 Å². The van der Waals surface area contributed by atoms with Crippen LogP contribution in [0.1, 0.15) is 55.1 Å². The van der Waals surface area contributed by atoms with Crippen LogP contribution in [0.25, 0.3) is 0 Å². The van der Waals surface area contributed by atoms with Crippen LogP contribution in [0.3, 0.4) is 0 Å². The molecule has 268 valence electrons. The first-order valence-corrected chi connectivity index (χ1v) is 16.4. The lowest BCUT2D eigenvalue weighted by atomic mass is 9.98. The van der Waals surface area contributed by atoms with E-state index < -0.39 is 84.1 Å². The molecule has 0 aromatic heterocycles. The van der Waals surface area contributed by atoms with Gasteiger partial charge < -0.3 is 58.3 Å². The molecule has 3 heterocycles. The number of hydrogen-bond donors (Lipinski definition) is 5. The normalized spacial score (nSPS) is 37.8. The number of aliphatic hydroxyl groups excluding tert-OH is 4. The number of benzene rings is 1. The van der Waals surface area contributed by atoms with Crippen molar-refractivity contribution in [3.63, 3.8) is 0 Å². The molecule has 47 heavy (non-hydrogen) atoms. The molecule has 0 aliphatic carbocycles. The predicted octanol–water partition coefficient (Wildman–Crippen LogP) is 0.951. The molecule has 15 nitrogen and oxygen atoms in total. The van der Waals surface area contributed by atoms with Crippen molar-refractivity contribution in [3.8, 4) is 17.2 Å². The fourth-order valence-corrected chi connectivity index (χ4v) is 7.27. The van der Waals surface area contributed by atoms with Crippen molar-refractivity contribution < 1.29 is 68.0 Å². The van der Waals surface area contributed by atoms with E-state index in [0.29, 0.717) is 11.1 Å². The number of ether oxygens (including phenoxy) is 8. The Hall–Kier alpha value is -1.80. The third-order valence-corrected chi connectivity index (χ3v) is 10.4. The maximum Gasteiger partial charge on any atom is 0.229 e. The highest BCUT2D eigenvalue weighted by Crippen LogP contribution is 2.48. The van der Waals surface area contributed by atoms with Crippen LogP contribution in [0.5, 0.6) is 17.2 Å². The first-order chi connectivity index (χ1) is 22.3. The summed E-state index contributed by atoms with van der Waals surface area (Å²) in [5, 5.41) is 41.8. The van der Waals surface area contributed by atoms with Gasteiger partial charge in [-0.2, -0.15) is 5.48 Å². The molecule has 0 amide bonds. The number of nitrogens with one attached hydrogen (secondary N) is 1. The Labute approximate surface area is 279 Å². The van der Waals surface area contributed by atoms with Gasteiger partial charge in [-0.1, -0.05) is 11.8 Å². The van der Waals surface area contributed by atoms with Gasteiger partial charge in [0.25, 0.3) is 0 Å². The standard InChI is InChI=1S/C31H49NO14S/c1-12-13(2)25(45-31-24(36)27(40-8)23(35)15(4)44-31)28(41-9)26(39-7)21(12)30(37)47-29-16(5)43-20(11-18(29)34)46-32-22-14(3)42-19(38-6)10-17(22)33/h14-20,22-24,27,29,31-36H,10-11H2,1-9H3/t14-,15+,16-,17-,18+,19-,20+,22-,23+,24-,27-,29-,31+/m1/s1. The summed E-state index contributed by atoms with van der Waals surface area (Å²) >= 11 is 0.910. The second kappa shape index (κ2) is 16.3. The maximum absolute atomic E-state index is 13.9. The quantitative estimate of drug-likeness (QED) is 0.206.